The Morgan fingerprint density at radius 2 is 1.74 bits per heavy atom. The second-order valence-electron chi connectivity index (χ2n) is 7.15. The minimum Gasteiger partial charge on any atom is -0.469 e. The molecule has 2 aromatic carbocycles. The summed E-state index contributed by atoms with van der Waals surface area (Å²) in [5.74, 6) is -1.47. The summed E-state index contributed by atoms with van der Waals surface area (Å²) in [7, 11) is 1.17. The summed E-state index contributed by atoms with van der Waals surface area (Å²) >= 11 is 0. The summed E-state index contributed by atoms with van der Waals surface area (Å²) < 4.78 is 83.3. The number of rotatable bonds is 7. The second-order valence-corrected chi connectivity index (χ2v) is 7.15. The van der Waals surface area contributed by atoms with Crippen molar-refractivity contribution in [3.8, 4) is 11.1 Å². The number of hydrogen-bond donors (Lipinski definition) is 1. The Hall–Kier alpha value is -2.55. The van der Waals surface area contributed by atoms with Crippen molar-refractivity contribution in [2.45, 2.75) is 45.1 Å². The van der Waals surface area contributed by atoms with Gasteiger partial charge in [-0.1, -0.05) is 31.2 Å². The SMILES string of the molecule is CCNCc1cc(C(F)(F)F)ccc1-c1cc(CC(F)(F)F)cc(C(C)C(=O)OC)c1. The Bertz CT molecular complexity index is 921. The first-order valence-corrected chi connectivity index (χ1v) is 9.55. The molecule has 2 rings (SSSR count). The molecule has 0 heterocycles. The van der Waals surface area contributed by atoms with Crippen molar-refractivity contribution in [2.75, 3.05) is 13.7 Å². The van der Waals surface area contributed by atoms with E-state index in [0.717, 1.165) is 12.1 Å². The largest absolute Gasteiger partial charge is 0.469 e. The fraction of sp³-hybridized carbons (Fsp3) is 0.409. The fourth-order valence-electron chi connectivity index (χ4n) is 3.23. The van der Waals surface area contributed by atoms with Crippen molar-refractivity contribution in [3.63, 3.8) is 0 Å². The van der Waals surface area contributed by atoms with Crippen molar-refractivity contribution < 1.29 is 35.9 Å². The number of nitrogens with one attached hydrogen (secondary N) is 1. The molecule has 0 fully saturated rings. The molecule has 0 aliphatic heterocycles. The molecular formula is C22H23F6NO2. The molecule has 2 aromatic rings. The van der Waals surface area contributed by atoms with Crippen molar-refractivity contribution in [1.29, 1.82) is 0 Å². The summed E-state index contributed by atoms with van der Waals surface area (Å²) in [4.78, 5) is 11.9. The van der Waals surface area contributed by atoms with Crippen LogP contribution in [0.1, 0.15) is 42.0 Å². The predicted octanol–water partition coefficient (Wildman–Crippen LogP) is 5.86. The summed E-state index contributed by atoms with van der Waals surface area (Å²) in [5, 5.41) is 2.95. The third kappa shape index (κ3) is 6.72. The topological polar surface area (TPSA) is 38.3 Å². The van der Waals surface area contributed by atoms with Gasteiger partial charge >= 0.3 is 18.3 Å². The van der Waals surface area contributed by atoms with Crippen LogP contribution in [0.4, 0.5) is 26.3 Å². The van der Waals surface area contributed by atoms with Gasteiger partial charge in [0.1, 0.15) is 0 Å². The molecule has 0 aliphatic rings. The number of benzene rings is 2. The average Bonchev–Trinajstić information content (AvgIpc) is 2.68. The van der Waals surface area contributed by atoms with E-state index in [2.05, 4.69) is 10.1 Å². The predicted molar refractivity (Wildman–Crippen MR) is 104 cm³/mol. The first-order valence-electron chi connectivity index (χ1n) is 9.55. The monoisotopic (exact) mass is 447 g/mol. The molecular weight excluding hydrogens is 424 g/mol. The smallest absolute Gasteiger partial charge is 0.416 e. The lowest BCUT2D eigenvalue weighted by atomic mass is 9.90. The molecule has 0 aromatic heterocycles. The number of alkyl halides is 6. The number of carbonyl (C=O) groups is 1. The van der Waals surface area contributed by atoms with Crippen LogP contribution in [0.2, 0.25) is 0 Å². The zero-order valence-corrected chi connectivity index (χ0v) is 17.2. The van der Waals surface area contributed by atoms with Crippen LogP contribution >= 0.6 is 0 Å². The molecule has 0 saturated carbocycles. The number of carbonyl (C=O) groups excluding carboxylic acids is 1. The van der Waals surface area contributed by atoms with Gasteiger partial charge in [0.05, 0.1) is 25.0 Å². The number of methoxy groups -OCH3 is 1. The van der Waals surface area contributed by atoms with Gasteiger partial charge in [0.2, 0.25) is 0 Å². The Morgan fingerprint density at radius 1 is 1.06 bits per heavy atom. The molecule has 0 aliphatic carbocycles. The molecule has 1 atom stereocenters. The number of hydrogen-bond acceptors (Lipinski definition) is 3. The quantitative estimate of drug-likeness (QED) is 0.427. The molecule has 170 valence electrons. The van der Waals surface area contributed by atoms with Crippen molar-refractivity contribution in [1.82, 2.24) is 5.32 Å². The molecule has 0 saturated heterocycles. The molecule has 1 unspecified atom stereocenters. The van der Waals surface area contributed by atoms with Crippen LogP contribution in [-0.4, -0.2) is 25.8 Å². The van der Waals surface area contributed by atoms with Gasteiger partial charge in [-0.05, 0) is 53.4 Å². The van der Waals surface area contributed by atoms with Gasteiger partial charge in [-0.2, -0.15) is 26.3 Å². The van der Waals surface area contributed by atoms with E-state index in [1.165, 1.54) is 38.3 Å². The zero-order chi connectivity index (χ0) is 23.4. The maximum Gasteiger partial charge on any atom is 0.416 e. The highest BCUT2D eigenvalue weighted by Gasteiger charge is 2.32. The summed E-state index contributed by atoms with van der Waals surface area (Å²) in [6, 6.07) is 7.20. The van der Waals surface area contributed by atoms with Crippen LogP contribution in [0.15, 0.2) is 36.4 Å². The van der Waals surface area contributed by atoms with Gasteiger partial charge in [0, 0.05) is 6.54 Å². The first kappa shape index (κ1) is 24.7. The molecule has 0 bridgehead atoms. The Balaban J connectivity index is 2.66. The molecule has 0 spiro atoms. The molecule has 31 heavy (non-hydrogen) atoms. The summed E-state index contributed by atoms with van der Waals surface area (Å²) in [6.45, 7) is 3.87. The minimum absolute atomic E-state index is 0.0925. The first-order chi connectivity index (χ1) is 14.4. The van der Waals surface area contributed by atoms with Crippen LogP contribution in [0, 0.1) is 0 Å². The van der Waals surface area contributed by atoms with Gasteiger partial charge in [-0.25, -0.2) is 0 Å². The standard InChI is InChI=1S/C22H23F6NO2/c1-4-29-12-17-10-18(22(26,27)28)5-6-19(17)16-8-14(11-21(23,24)25)7-15(9-16)13(2)20(30)31-3/h5-10,13,29H,4,11-12H2,1-3H3. The van der Waals surface area contributed by atoms with Crippen LogP contribution in [0.3, 0.4) is 0 Å². The van der Waals surface area contributed by atoms with Gasteiger partial charge in [-0.15, -0.1) is 0 Å². The third-order valence-electron chi connectivity index (χ3n) is 4.78. The van der Waals surface area contributed by atoms with E-state index < -0.39 is 36.2 Å². The van der Waals surface area contributed by atoms with E-state index in [4.69, 9.17) is 0 Å². The second kappa shape index (κ2) is 9.72. The third-order valence-corrected chi connectivity index (χ3v) is 4.78. The van der Waals surface area contributed by atoms with E-state index in [9.17, 15) is 31.1 Å². The van der Waals surface area contributed by atoms with E-state index in [-0.39, 0.29) is 23.2 Å². The Kier molecular flexibility index (Phi) is 7.75. The minimum atomic E-state index is -4.55. The fourth-order valence-corrected chi connectivity index (χ4v) is 3.23. The van der Waals surface area contributed by atoms with Crippen molar-refractivity contribution >= 4 is 5.97 Å². The van der Waals surface area contributed by atoms with Gasteiger partial charge in [-0.3, -0.25) is 4.79 Å². The molecule has 1 N–H and O–H groups in total. The van der Waals surface area contributed by atoms with Gasteiger partial charge in [0.15, 0.2) is 0 Å². The lowest BCUT2D eigenvalue weighted by molar-refractivity contribution is -0.142. The van der Waals surface area contributed by atoms with E-state index in [1.807, 2.05) is 0 Å². The van der Waals surface area contributed by atoms with Crippen LogP contribution in [-0.2, 0) is 28.7 Å². The Morgan fingerprint density at radius 3 is 2.29 bits per heavy atom. The normalized spacial score (nSPS) is 13.2. The summed E-state index contributed by atoms with van der Waals surface area (Å²) in [5.41, 5.74) is 0.296. The Labute approximate surface area is 176 Å². The van der Waals surface area contributed by atoms with Crippen LogP contribution in [0.5, 0.6) is 0 Å². The molecule has 0 amide bonds. The number of halogens is 6. The van der Waals surface area contributed by atoms with Crippen LogP contribution < -0.4 is 5.32 Å². The number of ether oxygens (including phenoxy) is 1. The highest BCUT2D eigenvalue weighted by Crippen LogP contribution is 2.36. The lowest BCUT2D eigenvalue weighted by Crippen LogP contribution is -2.15. The number of esters is 1. The maximum absolute atomic E-state index is 13.2. The van der Waals surface area contributed by atoms with E-state index >= 15 is 0 Å². The van der Waals surface area contributed by atoms with Gasteiger partial charge < -0.3 is 10.1 Å². The van der Waals surface area contributed by atoms with Gasteiger partial charge in [0.25, 0.3) is 0 Å². The van der Waals surface area contributed by atoms with E-state index in [0.29, 0.717) is 17.7 Å². The maximum atomic E-state index is 13.2. The molecule has 9 heteroatoms. The lowest BCUT2D eigenvalue weighted by Gasteiger charge is -2.18. The molecule has 3 nitrogen and oxygen atoms in total. The molecule has 0 radical (unpaired) electrons. The summed E-state index contributed by atoms with van der Waals surface area (Å²) in [6.07, 6.45) is -10.3. The van der Waals surface area contributed by atoms with E-state index in [1.54, 1.807) is 6.92 Å². The highest BCUT2D eigenvalue weighted by atomic mass is 19.4. The van der Waals surface area contributed by atoms with Crippen molar-refractivity contribution in [3.05, 3.63) is 58.7 Å². The zero-order valence-electron chi connectivity index (χ0n) is 17.2. The van der Waals surface area contributed by atoms with Crippen LogP contribution in [0.25, 0.3) is 11.1 Å². The average molecular weight is 447 g/mol. The highest BCUT2D eigenvalue weighted by molar-refractivity contribution is 5.79. The van der Waals surface area contributed by atoms with Crippen molar-refractivity contribution in [2.24, 2.45) is 0 Å².